The van der Waals surface area contributed by atoms with Crippen molar-refractivity contribution in [3.8, 4) is 0 Å². The van der Waals surface area contributed by atoms with Crippen LogP contribution in [0.25, 0.3) is 0 Å². The van der Waals surface area contributed by atoms with E-state index in [0.29, 0.717) is 0 Å². The summed E-state index contributed by atoms with van der Waals surface area (Å²) >= 11 is 0. The maximum atomic E-state index is 12.1. The highest BCUT2D eigenvalue weighted by atomic mass is 32.2. The van der Waals surface area contributed by atoms with Crippen LogP contribution in [0.2, 0.25) is 0 Å². The second-order valence-electron chi connectivity index (χ2n) is 3.91. The molecule has 0 spiro atoms. The van der Waals surface area contributed by atoms with Gasteiger partial charge in [0.1, 0.15) is 11.4 Å². The highest BCUT2D eigenvalue weighted by Gasteiger charge is 2.31. The van der Waals surface area contributed by atoms with E-state index in [0.717, 1.165) is 18.2 Å². The number of alkyl halides is 3. The van der Waals surface area contributed by atoms with Gasteiger partial charge in [-0.1, -0.05) is 0 Å². The Labute approximate surface area is 118 Å². The Bertz CT molecular complexity index is 631. The zero-order chi connectivity index (χ0) is 16.3. The molecule has 0 atom stereocenters. The van der Waals surface area contributed by atoms with E-state index < -0.39 is 32.6 Å². The Morgan fingerprint density at radius 3 is 2.43 bits per heavy atom. The van der Waals surface area contributed by atoms with E-state index in [2.05, 4.69) is 5.32 Å². The van der Waals surface area contributed by atoms with Crippen LogP contribution in [-0.2, 0) is 10.0 Å². The maximum Gasteiger partial charge on any atom is 0.402 e. The van der Waals surface area contributed by atoms with E-state index in [1.54, 1.807) is 6.92 Å². The van der Waals surface area contributed by atoms with E-state index >= 15 is 0 Å². The van der Waals surface area contributed by atoms with Gasteiger partial charge in [-0.2, -0.15) is 13.2 Å². The highest BCUT2D eigenvalue weighted by Crippen LogP contribution is 2.26. The van der Waals surface area contributed by atoms with E-state index in [4.69, 9.17) is 0 Å². The highest BCUT2D eigenvalue weighted by molar-refractivity contribution is 7.89. The molecule has 0 saturated heterocycles. The standard InChI is InChI=1S/C10H12F3N3O4S/c1-2-14-8-5-7(16(17)18)3-4-9(8)21(19,20)15-6-10(11,12)13/h3-5,14-15H,2,6H2,1H3. The molecule has 1 aromatic carbocycles. The number of rotatable bonds is 6. The SMILES string of the molecule is CCNc1cc([N+](=O)[O-])ccc1S(=O)(=O)NCC(F)(F)F. The first kappa shape index (κ1) is 17.2. The number of halogens is 3. The third kappa shape index (κ3) is 4.86. The van der Waals surface area contributed by atoms with Crippen LogP contribution in [-0.4, -0.2) is 32.6 Å². The quantitative estimate of drug-likeness (QED) is 0.613. The first-order valence-electron chi connectivity index (χ1n) is 5.65. The van der Waals surface area contributed by atoms with Crippen LogP contribution in [0.15, 0.2) is 23.1 Å². The van der Waals surface area contributed by atoms with Gasteiger partial charge in [-0.15, -0.1) is 0 Å². The minimum atomic E-state index is -4.70. The Kier molecular flexibility index (Phi) is 5.12. The number of sulfonamides is 1. The number of nitrogens with one attached hydrogen (secondary N) is 2. The lowest BCUT2D eigenvalue weighted by atomic mass is 10.3. The molecule has 0 aliphatic carbocycles. The molecular weight excluding hydrogens is 315 g/mol. The topological polar surface area (TPSA) is 101 Å². The number of nitro groups is 1. The summed E-state index contributed by atoms with van der Waals surface area (Å²) in [6.45, 7) is 0.124. The van der Waals surface area contributed by atoms with Crippen LogP contribution in [0.5, 0.6) is 0 Å². The van der Waals surface area contributed by atoms with Gasteiger partial charge in [0.05, 0.1) is 10.6 Å². The van der Waals surface area contributed by atoms with E-state index in [-0.39, 0.29) is 17.9 Å². The molecule has 0 bridgehead atoms. The van der Waals surface area contributed by atoms with Crippen LogP contribution in [0.4, 0.5) is 24.5 Å². The molecule has 0 fully saturated rings. The van der Waals surface area contributed by atoms with Gasteiger partial charge in [-0.3, -0.25) is 10.1 Å². The van der Waals surface area contributed by atoms with Gasteiger partial charge < -0.3 is 5.32 Å². The van der Waals surface area contributed by atoms with Crippen LogP contribution < -0.4 is 10.0 Å². The number of anilines is 1. The summed E-state index contributed by atoms with van der Waals surface area (Å²) in [7, 11) is -4.44. The van der Waals surface area contributed by atoms with Gasteiger partial charge in [0.25, 0.3) is 5.69 Å². The third-order valence-corrected chi connectivity index (χ3v) is 3.75. The summed E-state index contributed by atoms with van der Waals surface area (Å²) < 4.78 is 61.3. The molecule has 21 heavy (non-hydrogen) atoms. The second-order valence-corrected chi connectivity index (χ2v) is 5.64. The molecule has 0 aliphatic heterocycles. The average Bonchev–Trinajstić information content (AvgIpc) is 2.36. The van der Waals surface area contributed by atoms with Gasteiger partial charge in [0, 0.05) is 18.7 Å². The van der Waals surface area contributed by atoms with Crippen molar-refractivity contribution in [1.82, 2.24) is 4.72 Å². The lowest BCUT2D eigenvalue weighted by Gasteiger charge is -2.13. The summed E-state index contributed by atoms with van der Waals surface area (Å²) in [5, 5.41) is 13.2. The summed E-state index contributed by atoms with van der Waals surface area (Å²) in [5.41, 5.74) is -0.512. The molecule has 0 radical (unpaired) electrons. The van der Waals surface area contributed by atoms with Gasteiger partial charge in [-0.05, 0) is 13.0 Å². The predicted octanol–water partition coefficient (Wildman–Crippen LogP) is 1.87. The van der Waals surface area contributed by atoms with Gasteiger partial charge in [-0.25, -0.2) is 13.1 Å². The molecule has 0 heterocycles. The molecule has 118 valence electrons. The first-order valence-corrected chi connectivity index (χ1v) is 7.14. The monoisotopic (exact) mass is 327 g/mol. The molecule has 1 rings (SSSR count). The number of nitro benzene ring substituents is 1. The normalized spacial score (nSPS) is 12.2. The largest absolute Gasteiger partial charge is 0.402 e. The van der Waals surface area contributed by atoms with Crippen molar-refractivity contribution in [2.24, 2.45) is 0 Å². The Morgan fingerprint density at radius 1 is 1.33 bits per heavy atom. The summed E-state index contributed by atoms with van der Waals surface area (Å²) in [5.74, 6) is 0. The lowest BCUT2D eigenvalue weighted by molar-refractivity contribution is -0.384. The Morgan fingerprint density at radius 2 is 1.95 bits per heavy atom. The van der Waals surface area contributed by atoms with Crippen molar-refractivity contribution < 1.29 is 26.5 Å². The fourth-order valence-electron chi connectivity index (χ4n) is 1.45. The fraction of sp³-hybridized carbons (Fsp3) is 0.400. The molecule has 0 aromatic heterocycles. The molecule has 11 heteroatoms. The van der Waals surface area contributed by atoms with Gasteiger partial charge in [0.2, 0.25) is 10.0 Å². The van der Waals surface area contributed by atoms with Crippen molar-refractivity contribution in [3.05, 3.63) is 28.3 Å². The number of benzene rings is 1. The molecule has 0 saturated carbocycles. The average molecular weight is 327 g/mol. The molecule has 1 aromatic rings. The molecule has 0 aliphatic rings. The van der Waals surface area contributed by atoms with Crippen LogP contribution in [0, 0.1) is 10.1 Å². The Balaban J connectivity index is 3.18. The maximum absolute atomic E-state index is 12.1. The number of hydrogen-bond acceptors (Lipinski definition) is 5. The molecular formula is C10H12F3N3O4S. The van der Waals surface area contributed by atoms with Crippen molar-refractivity contribution in [2.75, 3.05) is 18.4 Å². The van der Waals surface area contributed by atoms with E-state index in [1.165, 1.54) is 4.72 Å². The van der Waals surface area contributed by atoms with Crippen molar-refractivity contribution in [3.63, 3.8) is 0 Å². The van der Waals surface area contributed by atoms with E-state index in [1.807, 2.05) is 0 Å². The van der Waals surface area contributed by atoms with Gasteiger partial charge >= 0.3 is 6.18 Å². The zero-order valence-electron chi connectivity index (χ0n) is 10.8. The molecule has 0 unspecified atom stereocenters. The minimum Gasteiger partial charge on any atom is -0.384 e. The molecule has 7 nitrogen and oxygen atoms in total. The lowest BCUT2D eigenvalue weighted by Crippen LogP contribution is -2.34. The first-order chi connectivity index (χ1) is 9.57. The number of nitrogens with zero attached hydrogens (tertiary/aromatic N) is 1. The summed E-state index contributed by atoms with van der Waals surface area (Å²) in [4.78, 5) is 9.42. The van der Waals surface area contributed by atoms with Crippen LogP contribution >= 0.6 is 0 Å². The van der Waals surface area contributed by atoms with Crippen LogP contribution in [0.3, 0.4) is 0 Å². The van der Waals surface area contributed by atoms with E-state index in [9.17, 15) is 31.7 Å². The summed E-state index contributed by atoms with van der Waals surface area (Å²) in [6.07, 6.45) is -4.70. The Hall–Kier alpha value is -1.88. The van der Waals surface area contributed by atoms with Crippen molar-refractivity contribution in [1.29, 1.82) is 0 Å². The minimum absolute atomic E-state index is 0.138. The van der Waals surface area contributed by atoms with Crippen molar-refractivity contribution in [2.45, 2.75) is 18.0 Å². The fourth-order valence-corrected chi connectivity index (χ4v) is 2.63. The smallest absolute Gasteiger partial charge is 0.384 e. The summed E-state index contributed by atoms with van der Waals surface area (Å²) in [6, 6.07) is 2.74. The number of non-ortho nitro benzene ring substituents is 1. The molecule has 0 amide bonds. The van der Waals surface area contributed by atoms with Crippen LogP contribution in [0.1, 0.15) is 6.92 Å². The van der Waals surface area contributed by atoms with Gasteiger partial charge in [0.15, 0.2) is 0 Å². The zero-order valence-corrected chi connectivity index (χ0v) is 11.6. The third-order valence-electron chi connectivity index (χ3n) is 2.29. The predicted molar refractivity (Wildman–Crippen MR) is 68.5 cm³/mol. The second kappa shape index (κ2) is 6.26. The van der Waals surface area contributed by atoms with Crippen molar-refractivity contribution >= 4 is 21.4 Å². The molecule has 2 N–H and O–H groups in total. The number of hydrogen-bond donors (Lipinski definition) is 2.